The minimum absolute atomic E-state index is 0.0517. The Bertz CT molecular complexity index is 204. The molecule has 0 bridgehead atoms. The van der Waals surface area contributed by atoms with Crippen molar-refractivity contribution in [1.29, 1.82) is 0 Å². The van der Waals surface area contributed by atoms with Crippen LogP contribution in [-0.2, 0) is 4.79 Å². The molecule has 3 heteroatoms. The van der Waals surface area contributed by atoms with Crippen LogP contribution in [0.25, 0.3) is 0 Å². The summed E-state index contributed by atoms with van der Waals surface area (Å²) in [6.07, 6.45) is 5.62. The third kappa shape index (κ3) is 6.25. The highest BCUT2D eigenvalue weighted by atomic mass is 16.3. The van der Waals surface area contributed by atoms with Crippen LogP contribution in [0.5, 0.6) is 0 Å². The van der Waals surface area contributed by atoms with Crippen molar-refractivity contribution in [3.63, 3.8) is 0 Å². The van der Waals surface area contributed by atoms with Crippen LogP contribution in [-0.4, -0.2) is 29.7 Å². The third-order valence-electron chi connectivity index (χ3n) is 1.72. The first-order valence-electron chi connectivity index (χ1n) is 4.26. The molecule has 0 fully saturated rings. The number of aliphatic hydroxyl groups excluding tert-OH is 2. The van der Waals surface area contributed by atoms with Crippen molar-refractivity contribution >= 4 is 6.29 Å². The molecule has 13 heavy (non-hydrogen) atoms. The summed E-state index contributed by atoms with van der Waals surface area (Å²) in [6.45, 7) is 1.77. The monoisotopic (exact) mass is 184 g/mol. The largest absolute Gasteiger partial charge is 0.392 e. The summed E-state index contributed by atoms with van der Waals surface area (Å²) in [5.74, 6) is 0. The molecule has 0 aromatic rings. The number of aliphatic hydroxyl groups is 2. The van der Waals surface area contributed by atoms with Crippen molar-refractivity contribution in [2.45, 2.75) is 19.8 Å². The Morgan fingerprint density at radius 2 is 2.00 bits per heavy atom. The second-order valence-corrected chi connectivity index (χ2v) is 2.83. The van der Waals surface area contributed by atoms with Crippen LogP contribution >= 0.6 is 0 Å². The van der Waals surface area contributed by atoms with Crippen molar-refractivity contribution < 1.29 is 15.0 Å². The normalized spacial score (nSPS) is 13.2. The van der Waals surface area contributed by atoms with Crippen molar-refractivity contribution in [3.05, 3.63) is 23.3 Å². The predicted octanol–water partition coefficient (Wildman–Crippen LogP) is 0.823. The van der Waals surface area contributed by atoms with Crippen LogP contribution in [0, 0.1) is 0 Å². The van der Waals surface area contributed by atoms with Crippen LogP contribution in [0.4, 0.5) is 0 Å². The molecule has 0 amide bonds. The van der Waals surface area contributed by atoms with Crippen molar-refractivity contribution in [1.82, 2.24) is 0 Å². The van der Waals surface area contributed by atoms with E-state index in [0.29, 0.717) is 11.9 Å². The van der Waals surface area contributed by atoms with Gasteiger partial charge >= 0.3 is 0 Å². The Balaban J connectivity index is 3.83. The smallest absolute Gasteiger partial charge is 0.148 e. The molecule has 74 valence electrons. The maximum atomic E-state index is 10.3. The average Bonchev–Trinajstić information content (AvgIpc) is 2.13. The maximum Gasteiger partial charge on any atom is 0.148 e. The number of rotatable bonds is 6. The van der Waals surface area contributed by atoms with E-state index >= 15 is 0 Å². The third-order valence-corrected chi connectivity index (χ3v) is 1.72. The summed E-state index contributed by atoms with van der Waals surface area (Å²) >= 11 is 0. The zero-order valence-electron chi connectivity index (χ0n) is 7.86. The molecule has 3 nitrogen and oxygen atoms in total. The molecular formula is C10H16O3. The van der Waals surface area contributed by atoms with Gasteiger partial charge in [-0.15, -0.1) is 0 Å². The Kier molecular flexibility index (Phi) is 7.15. The second kappa shape index (κ2) is 7.71. The summed E-state index contributed by atoms with van der Waals surface area (Å²) < 4.78 is 0. The van der Waals surface area contributed by atoms with Crippen LogP contribution in [0.1, 0.15) is 19.8 Å². The fraction of sp³-hybridized carbons (Fsp3) is 0.500. The second-order valence-electron chi connectivity index (χ2n) is 2.83. The number of allylic oxidation sites excluding steroid dienone is 2. The fourth-order valence-corrected chi connectivity index (χ4v) is 0.893. The first-order chi connectivity index (χ1) is 6.24. The van der Waals surface area contributed by atoms with Crippen molar-refractivity contribution in [2.24, 2.45) is 0 Å². The number of hydrogen-bond acceptors (Lipinski definition) is 3. The van der Waals surface area contributed by atoms with Gasteiger partial charge in [-0.05, 0) is 19.8 Å². The molecule has 0 radical (unpaired) electrons. The van der Waals surface area contributed by atoms with Crippen LogP contribution in [0.3, 0.4) is 0 Å². The number of aldehydes is 1. The molecule has 0 aliphatic carbocycles. The van der Waals surface area contributed by atoms with Gasteiger partial charge < -0.3 is 10.2 Å². The fourth-order valence-electron chi connectivity index (χ4n) is 0.893. The lowest BCUT2D eigenvalue weighted by molar-refractivity contribution is -0.105. The molecule has 2 N–H and O–H groups in total. The van der Waals surface area contributed by atoms with Gasteiger partial charge in [0.05, 0.1) is 13.2 Å². The highest BCUT2D eigenvalue weighted by molar-refractivity contribution is 5.73. The van der Waals surface area contributed by atoms with Gasteiger partial charge in [0.25, 0.3) is 0 Å². The molecule has 0 aromatic carbocycles. The first-order valence-corrected chi connectivity index (χ1v) is 4.26. The average molecular weight is 184 g/mol. The van der Waals surface area contributed by atoms with E-state index in [9.17, 15) is 4.79 Å². The highest BCUT2D eigenvalue weighted by Gasteiger charge is 1.92. The highest BCUT2D eigenvalue weighted by Crippen LogP contribution is 2.05. The predicted molar refractivity (Wildman–Crippen MR) is 51.3 cm³/mol. The van der Waals surface area contributed by atoms with E-state index in [2.05, 4.69) is 0 Å². The van der Waals surface area contributed by atoms with Crippen LogP contribution in [0.2, 0.25) is 0 Å². The standard InChI is InChI=1S/C10H16O3/c1-9(5-6-11)3-2-4-10(7-12)8-13/h4-5,7,11,13H,2-3,6,8H2,1H3/b9-5+,10-4-. The molecule has 0 aliphatic rings. The van der Waals surface area contributed by atoms with Gasteiger partial charge in [0.15, 0.2) is 0 Å². The van der Waals surface area contributed by atoms with Crippen LogP contribution in [0.15, 0.2) is 23.3 Å². The summed E-state index contributed by atoms with van der Waals surface area (Å²) in [7, 11) is 0. The van der Waals surface area contributed by atoms with Crippen molar-refractivity contribution in [3.8, 4) is 0 Å². The van der Waals surface area contributed by atoms with Gasteiger partial charge in [0.1, 0.15) is 6.29 Å². The molecule has 0 aliphatic heterocycles. The molecular weight excluding hydrogens is 168 g/mol. The Labute approximate surface area is 78.4 Å². The molecule has 0 heterocycles. The summed E-state index contributed by atoms with van der Waals surface area (Å²) in [5, 5.41) is 17.2. The van der Waals surface area contributed by atoms with Gasteiger partial charge in [-0.3, -0.25) is 4.79 Å². The van der Waals surface area contributed by atoms with Gasteiger partial charge in [-0.1, -0.05) is 17.7 Å². The Hall–Kier alpha value is -0.930. The van der Waals surface area contributed by atoms with Gasteiger partial charge in [0.2, 0.25) is 0 Å². The van der Waals surface area contributed by atoms with Crippen LogP contribution < -0.4 is 0 Å². The Morgan fingerprint density at radius 3 is 2.46 bits per heavy atom. The van der Waals surface area contributed by atoms with E-state index in [1.165, 1.54) is 0 Å². The summed E-state index contributed by atoms with van der Waals surface area (Å²) in [4.78, 5) is 10.3. The first kappa shape index (κ1) is 12.1. The minimum Gasteiger partial charge on any atom is -0.392 e. The summed E-state index contributed by atoms with van der Waals surface area (Å²) in [6, 6.07) is 0. The van der Waals surface area contributed by atoms with E-state index < -0.39 is 0 Å². The molecule has 0 atom stereocenters. The molecule has 0 saturated carbocycles. The zero-order valence-corrected chi connectivity index (χ0v) is 7.86. The minimum atomic E-state index is -0.202. The van der Waals surface area contributed by atoms with E-state index in [0.717, 1.165) is 18.4 Å². The molecule has 0 rings (SSSR count). The van der Waals surface area contributed by atoms with E-state index in [4.69, 9.17) is 10.2 Å². The lowest BCUT2D eigenvalue weighted by Crippen LogP contribution is -1.91. The van der Waals surface area contributed by atoms with E-state index in [1.807, 2.05) is 6.92 Å². The van der Waals surface area contributed by atoms with Gasteiger partial charge in [-0.2, -0.15) is 0 Å². The Morgan fingerprint density at radius 1 is 1.31 bits per heavy atom. The number of carbonyl (C=O) groups excluding carboxylic acids is 1. The molecule has 0 unspecified atom stereocenters. The van der Waals surface area contributed by atoms with E-state index in [1.54, 1.807) is 12.2 Å². The summed E-state index contributed by atoms with van der Waals surface area (Å²) in [5.41, 5.74) is 1.50. The van der Waals surface area contributed by atoms with E-state index in [-0.39, 0.29) is 13.2 Å². The SMILES string of the molecule is C/C(=C\CO)CC/C=C(/C=O)CO. The number of hydrogen-bond donors (Lipinski definition) is 2. The zero-order chi connectivity index (χ0) is 10.1. The van der Waals surface area contributed by atoms with Gasteiger partial charge in [0, 0.05) is 5.57 Å². The number of carbonyl (C=O) groups is 1. The molecule has 0 spiro atoms. The molecule has 0 saturated heterocycles. The maximum absolute atomic E-state index is 10.3. The van der Waals surface area contributed by atoms with Crippen molar-refractivity contribution in [2.75, 3.05) is 13.2 Å². The van der Waals surface area contributed by atoms with Gasteiger partial charge in [-0.25, -0.2) is 0 Å². The topological polar surface area (TPSA) is 57.5 Å². The lowest BCUT2D eigenvalue weighted by Gasteiger charge is -1.97. The molecule has 0 aromatic heterocycles. The quantitative estimate of drug-likeness (QED) is 0.365. The lowest BCUT2D eigenvalue weighted by atomic mass is 10.1.